The van der Waals surface area contributed by atoms with Gasteiger partial charge in [0.2, 0.25) is 11.8 Å². The number of nitrogens with one attached hydrogen (secondary N) is 1. The number of ether oxygens (including phenoxy) is 1. The van der Waals surface area contributed by atoms with Crippen LogP contribution in [0.2, 0.25) is 10.0 Å². The Balaban J connectivity index is 2.06. The van der Waals surface area contributed by atoms with Crippen LogP contribution in [0.25, 0.3) is 0 Å². The molecule has 3 rings (SSSR count). The molecular weight excluding hydrogens is 665 g/mol. The number of amides is 2. The highest BCUT2D eigenvalue weighted by Gasteiger charge is 2.33. The van der Waals surface area contributed by atoms with Crippen LogP contribution in [0.15, 0.2) is 70.0 Å². The van der Waals surface area contributed by atoms with E-state index in [2.05, 4.69) is 21.2 Å². The summed E-state index contributed by atoms with van der Waals surface area (Å²) in [4.78, 5) is 28.5. The van der Waals surface area contributed by atoms with Crippen molar-refractivity contribution in [2.24, 2.45) is 5.92 Å². The first-order valence-electron chi connectivity index (χ1n) is 13.2. The van der Waals surface area contributed by atoms with E-state index in [9.17, 15) is 18.0 Å². The highest BCUT2D eigenvalue weighted by molar-refractivity contribution is 9.10. The lowest BCUT2D eigenvalue weighted by atomic mass is 10.1. The van der Waals surface area contributed by atoms with Gasteiger partial charge in [-0.25, -0.2) is 8.42 Å². The van der Waals surface area contributed by atoms with E-state index in [0.29, 0.717) is 38.1 Å². The lowest BCUT2D eigenvalue weighted by molar-refractivity contribution is -0.139. The van der Waals surface area contributed by atoms with Gasteiger partial charge in [0, 0.05) is 23.1 Å². The van der Waals surface area contributed by atoms with Crippen LogP contribution in [0.3, 0.4) is 0 Å². The fraction of sp³-hybridized carbons (Fsp3) is 0.333. The molecule has 0 heterocycles. The molecular formula is C30H34BrCl2N3O5S. The van der Waals surface area contributed by atoms with E-state index in [1.54, 1.807) is 49.4 Å². The van der Waals surface area contributed by atoms with Gasteiger partial charge in [0.15, 0.2) is 0 Å². The van der Waals surface area contributed by atoms with E-state index in [4.69, 9.17) is 27.9 Å². The minimum Gasteiger partial charge on any atom is -0.496 e. The molecule has 12 heteroatoms. The summed E-state index contributed by atoms with van der Waals surface area (Å²) in [5, 5.41) is 3.60. The van der Waals surface area contributed by atoms with E-state index in [1.807, 2.05) is 20.8 Å². The molecule has 42 heavy (non-hydrogen) atoms. The van der Waals surface area contributed by atoms with Crippen LogP contribution in [0.4, 0.5) is 5.69 Å². The molecule has 3 aromatic carbocycles. The lowest BCUT2D eigenvalue weighted by Crippen LogP contribution is -2.51. The SMILES string of the molecule is COc1ccc(S(=O)(=O)N(CC(=O)N(Cc2ccc(Cl)cc2Cl)[C@@H](C)C(=O)NCC(C)C)c2ccc(C)cc2)cc1Br. The van der Waals surface area contributed by atoms with Crippen molar-refractivity contribution in [3.63, 3.8) is 0 Å². The van der Waals surface area contributed by atoms with Gasteiger partial charge in [0.05, 0.1) is 22.2 Å². The molecule has 0 saturated heterocycles. The first-order valence-corrected chi connectivity index (χ1v) is 16.2. The van der Waals surface area contributed by atoms with Gasteiger partial charge in [0.25, 0.3) is 10.0 Å². The van der Waals surface area contributed by atoms with Crippen LogP contribution in [0.5, 0.6) is 5.75 Å². The summed E-state index contributed by atoms with van der Waals surface area (Å²) in [6, 6.07) is 15.1. The summed E-state index contributed by atoms with van der Waals surface area (Å²) in [5.74, 6) is -0.308. The highest BCUT2D eigenvalue weighted by atomic mass is 79.9. The number of anilines is 1. The molecule has 0 radical (unpaired) electrons. The van der Waals surface area contributed by atoms with Gasteiger partial charge >= 0.3 is 0 Å². The number of methoxy groups -OCH3 is 1. The molecule has 0 aromatic heterocycles. The third-order valence-electron chi connectivity index (χ3n) is 6.52. The lowest BCUT2D eigenvalue weighted by Gasteiger charge is -2.32. The van der Waals surface area contributed by atoms with Crippen LogP contribution in [-0.4, -0.2) is 51.4 Å². The predicted octanol–water partition coefficient (Wildman–Crippen LogP) is 6.46. The Labute approximate surface area is 266 Å². The first-order chi connectivity index (χ1) is 19.7. The molecule has 0 spiro atoms. The second-order valence-corrected chi connectivity index (χ2v) is 13.8. The van der Waals surface area contributed by atoms with Crippen molar-refractivity contribution in [2.75, 3.05) is 24.5 Å². The Morgan fingerprint density at radius 1 is 1.00 bits per heavy atom. The predicted molar refractivity (Wildman–Crippen MR) is 171 cm³/mol. The van der Waals surface area contributed by atoms with Crippen LogP contribution >= 0.6 is 39.1 Å². The normalized spacial score (nSPS) is 12.1. The molecule has 2 amide bonds. The van der Waals surface area contributed by atoms with Crippen molar-refractivity contribution in [1.29, 1.82) is 0 Å². The molecule has 0 aliphatic carbocycles. The van der Waals surface area contributed by atoms with Crippen molar-refractivity contribution >= 4 is 66.7 Å². The quantitative estimate of drug-likeness (QED) is 0.234. The van der Waals surface area contributed by atoms with E-state index >= 15 is 0 Å². The maximum absolute atomic E-state index is 14.0. The Kier molecular flexibility index (Phi) is 11.7. The summed E-state index contributed by atoms with van der Waals surface area (Å²) in [6.07, 6.45) is 0. The summed E-state index contributed by atoms with van der Waals surface area (Å²) in [5.41, 5.74) is 1.77. The number of benzene rings is 3. The van der Waals surface area contributed by atoms with E-state index < -0.39 is 28.5 Å². The summed E-state index contributed by atoms with van der Waals surface area (Å²) in [6.45, 7) is 7.21. The zero-order chi connectivity index (χ0) is 31.2. The van der Waals surface area contributed by atoms with Crippen LogP contribution < -0.4 is 14.4 Å². The summed E-state index contributed by atoms with van der Waals surface area (Å²) < 4.78 is 34.8. The van der Waals surface area contributed by atoms with Crippen LogP contribution in [-0.2, 0) is 26.2 Å². The number of halogens is 3. The Morgan fingerprint density at radius 3 is 2.24 bits per heavy atom. The van der Waals surface area contributed by atoms with E-state index in [0.717, 1.165) is 9.87 Å². The minimum atomic E-state index is -4.24. The average Bonchev–Trinajstić information content (AvgIpc) is 2.94. The maximum Gasteiger partial charge on any atom is 0.264 e. The largest absolute Gasteiger partial charge is 0.496 e. The van der Waals surface area contributed by atoms with Crippen LogP contribution in [0, 0.1) is 12.8 Å². The number of hydrogen-bond donors (Lipinski definition) is 1. The number of nitrogens with zero attached hydrogens (tertiary/aromatic N) is 2. The van der Waals surface area contributed by atoms with Gasteiger partial charge in [0.1, 0.15) is 18.3 Å². The Hall–Kier alpha value is -2.79. The number of carbonyl (C=O) groups excluding carboxylic acids is 2. The molecule has 3 aromatic rings. The molecule has 0 unspecified atom stereocenters. The third kappa shape index (κ3) is 8.40. The van der Waals surface area contributed by atoms with E-state index in [-0.39, 0.29) is 23.3 Å². The third-order valence-corrected chi connectivity index (χ3v) is 9.50. The monoisotopic (exact) mass is 697 g/mol. The molecule has 0 bridgehead atoms. The Bertz CT molecular complexity index is 1530. The zero-order valence-corrected chi connectivity index (χ0v) is 27.9. The van der Waals surface area contributed by atoms with Crippen molar-refractivity contribution in [1.82, 2.24) is 10.2 Å². The molecule has 226 valence electrons. The summed E-state index contributed by atoms with van der Waals surface area (Å²) in [7, 11) is -2.76. The molecule has 0 aliphatic rings. The zero-order valence-electron chi connectivity index (χ0n) is 24.0. The second kappa shape index (κ2) is 14.6. The standard InChI is InChI=1S/C30H34BrCl2N3O5S/c1-19(2)16-34-30(38)21(4)35(17-22-8-9-23(32)14-27(22)33)29(37)18-36(24-10-6-20(3)7-11-24)42(39,40)25-12-13-28(41-5)26(31)15-25/h6-15,19,21H,16-18H2,1-5H3,(H,34,38)/t21-/m0/s1. The number of carbonyl (C=O) groups is 2. The second-order valence-electron chi connectivity index (χ2n) is 10.2. The molecule has 0 aliphatic heterocycles. The number of rotatable bonds is 12. The van der Waals surface area contributed by atoms with Gasteiger partial charge in [-0.3, -0.25) is 13.9 Å². The number of aryl methyl sites for hydroxylation is 1. The van der Waals surface area contributed by atoms with Crippen molar-refractivity contribution < 1.29 is 22.7 Å². The fourth-order valence-electron chi connectivity index (χ4n) is 4.04. The minimum absolute atomic E-state index is 0.0407. The molecule has 8 nitrogen and oxygen atoms in total. The molecule has 1 N–H and O–H groups in total. The van der Waals surface area contributed by atoms with Crippen molar-refractivity contribution in [3.05, 3.63) is 86.3 Å². The van der Waals surface area contributed by atoms with Gasteiger partial charge in [-0.1, -0.05) is 60.8 Å². The first kappa shape index (κ1) is 33.7. The van der Waals surface area contributed by atoms with Crippen molar-refractivity contribution in [2.45, 2.75) is 45.2 Å². The fourth-order valence-corrected chi connectivity index (χ4v) is 6.64. The highest BCUT2D eigenvalue weighted by Crippen LogP contribution is 2.31. The number of sulfonamides is 1. The summed E-state index contributed by atoms with van der Waals surface area (Å²) >= 11 is 15.9. The van der Waals surface area contributed by atoms with Gasteiger partial charge < -0.3 is 15.0 Å². The van der Waals surface area contributed by atoms with Gasteiger partial charge in [-0.05, 0) is 83.7 Å². The average molecular weight is 699 g/mol. The van der Waals surface area contributed by atoms with Crippen molar-refractivity contribution in [3.8, 4) is 5.75 Å². The Morgan fingerprint density at radius 2 is 1.67 bits per heavy atom. The maximum atomic E-state index is 14.0. The van der Waals surface area contributed by atoms with Gasteiger partial charge in [-0.2, -0.15) is 0 Å². The van der Waals surface area contributed by atoms with Gasteiger partial charge in [-0.15, -0.1) is 0 Å². The molecule has 1 atom stereocenters. The smallest absolute Gasteiger partial charge is 0.264 e. The van der Waals surface area contributed by atoms with Crippen LogP contribution in [0.1, 0.15) is 31.9 Å². The molecule has 0 fully saturated rings. The molecule has 0 saturated carbocycles. The topological polar surface area (TPSA) is 96.0 Å². The number of hydrogen-bond acceptors (Lipinski definition) is 5. The van der Waals surface area contributed by atoms with E-state index in [1.165, 1.54) is 30.2 Å².